The van der Waals surface area contributed by atoms with Crippen LogP contribution in [-0.2, 0) is 4.79 Å². The SMILES string of the molecule is CCOc1cc(/C=N\NC(=O)c2ccc(-c3csc(Nc4ccc(Cl)cc4)n3)cc2)cc(Br)c1OCC(=O)Nc1ccccc1Cl. The molecule has 5 rings (SSSR count). The minimum Gasteiger partial charge on any atom is -0.490 e. The van der Waals surface area contributed by atoms with Gasteiger partial charge in [-0.1, -0.05) is 47.5 Å². The first kappa shape index (κ1) is 33.0. The molecule has 1 heterocycles. The average molecular weight is 739 g/mol. The number of amides is 2. The van der Waals surface area contributed by atoms with Crippen LogP contribution in [0.15, 0.2) is 99.9 Å². The lowest BCUT2D eigenvalue weighted by Crippen LogP contribution is -2.20. The van der Waals surface area contributed by atoms with Crippen molar-refractivity contribution in [1.82, 2.24) is 10.4 Å². The van der Waals surface area contributed by atoms with Gasteiger partial charge < -0.3 is 20.1 Å². The van der Waals surface area contributed by atoms with E-state index in [-0.39, 0.29) is 18.4 Å². The molecule has 2 amide bonds. The number of para-hydroxylation sites is 1. The summed E-state index contributed by atoms with van der Waals surface area (Å²) < 4.78 is 12.1. The fraction of sp³-hybridized carbons (Fsp3) is 0.0909. The van der Waals surface area contributed by atoms with Gasteiger partial charge in [-0.2, -0.15) is 5.10 Å². The van der Waals surface area contributed by atoms with Crippen LogP contribution >= 0.6 is 50.5 Å². The van der Waals surface area contributed by atoms with Crippen LogP contribution in [-0.4, -0.2) is 36.2 Å². The van der Waals surface area contributed by atoms with E-state index in [1.54, 1.807) is 48.5 Å². The van der Waals surface area contributed by atoms with Crippen LogP contribution in [0.3, 0.4) is 0 Å². The first-order valence-electron chi connectivity index (χ1n) is 13.8. The van der Waals surface area contributed by atoms with Gasteiger partial charge in [0.2, 0.25) is 0 Å². The average Bonchev–Trinajstić information content (AvgIpc) is 3.51. The van der Waals surface area contributed by atoms with Crippen molar-refractivity contribution < 1.29 is 19.1 Å². The van der Waals surface area contributed by atoms with E-state index in [9.17, 15) is 9.59 Å². The number of hydrogen-bond donors (Lipinski definition) is 3. The summed E-state index contributed by atoms with van der Waals surface area (Å²) >= 11 is 17.0. The highest BCUT2D eigenvalue weighted by molar-refractivity contribution is 9.10. The Hall–Kier alpha value is -4.42. The second kappa shape index (κ2) is 15.7. The van der Waals surface area contributed by atoms with E-state index >= 15 is 0 Å². The summed E-state index contributed by atoms with van der Waals surface area (Å²) in [5.41, 5.74) is 6.64. The van der Waals surface area contributed by atoms with E-state index in [4.69, 9.17) is 32.7 Å². The van der Waals surface area contributed by atoms with Crippen molar-refractivity contribution >= 4 is 85.0 Å². The Balaban J connectivity index is 1.17. The van der Waals surface area contributed by atoms with Gasteiger partial charge in [-0.15, -0.1) is 11.3 Å². The molecule has 4 aromatic carbocycles. The number of benzene rings is 4. The summed E-state index contributed by atoms with van der Waals surface area (Å²) in [6, 6.07) is 24.8. The number of nitrogens with zero attached hydrogens (tertiary/aromatic N) is 2. The van der Waals surface area contributed by atoms with E-state index in [0.29, 0.717) is 49.4 Å². The smallest absolute Gasteiger partial charge is 0.271 e. The molecule has 0 atom stereocenters. The molecule has 13 heteroatoms. The molecule has 0 saturated heterocycles. The van der Waals surface area contributed by atoms with Gasteiger partial charge >= 0.3 is 0 Å². The highest BCUT2D eigenvalue weighted by Crippen LogP contribution is 2.37. The standard InChI is InChI=1S/C33H26BrCl2N5O4S/c1-2-44-29-16-20(15-25(34)31(29)45-18-30(42)39-27-6-4-3-5-26(27)36)17-37-41-32(43)22-9-7-21(8-10-22)28-19-46-33(40-28)38-24-13-11-23(35)12-14-24/h3-17,19H,2,18H2,1H3,(H,38,40)(H,39,42)(H,41,43)/b37-17-. The predicted octanol–water partition coefficient (Wildman–Crippen LogP) is 8.80. The van der Waals surface area contributed by atoms with E-state index in [1.165, 1.54) is 17.6 Å². The van der Waals surface area contributed by atoms with Crippen molar-refractivity contribution in [2.24, 2.45) is 5.10 Å². The van der Waals surface area contributed by atoms with Crippen molar-refractivity contribution in [1.29, 1.82) is 0 Å². The summed E-state index contributed by atoms with van der Waals surface area (Å²) in [5, 5.41) is 13.8. The zero-order valence-corrected chi connectivity index (χ0v) is 28.1. The lowest BCUT2D eigenvalue weighted by Gasteiger charge is -2.15. The van der Waals surface area contributed by atoms with Gasteiger partial charge in [0.15, 0.2) is 23.2 Å². The zero-order chi connectivity index (χ0) is 32.5. The number of ether oxygens (including phenoxy) is 2. The van der Waals surface area contributed by atoms with E-state index in [0.717, 1.165) is 22.1 Å². The first-order valence-corrected chi connectivity index (χ1v) is 16.3. The van der Waals surface area contributed by atoms with Gasteiger partial charge in [-0.05, 0) is 89.1 Å². The second-order valence-corrected chi connectivity index (χ2v) is 12.1. The molecule has 0 bridgehead atoms. The van der Waals surface area contributed by atoms with Crippen LogP contribution in [0.4, 0.5) is 16.5 Å². The number of halogens is 3. The van der Waals surface area contributed by atoms with Crippen LogP contribution < -0.4 is 25.5 Å². The third kappa shape index (κ3) is 8.85. The molecule has 0 aliphatic rings. The summed E-state index contributed by atoms with van der Waals surface area (Å²) in [6.45, 7) is 1.93. The number of hydrazone groups is 1. The molecule has 0 unspecified atom stereocenters. The third-order valence-electron chi connectivity index (χ3n) is 6.25. The van der Waals surface area contributed by atoms with Gasteiger partial charge in [-0.25, -0.2) is 10.4 Å². The number of carbonyl (C=O) groups is 2. The van der Waals surface area contributed by atoms with E-state index in [1.807, 2.05) is 48.7 Å². The number of thiazole rings is 1. The molecule has 9 nitrogen and oxygen atoms in total. The first-order chi connectivity index (χ1) is 22.3. The molecule has 5 aromatic rings. The Morgan fingerprint density at radius 2 is 1.76 bits per heavy atom. The molecular formula is C33H26BrCl2N5O4S. The third-order valence-corrected chi connectivity index (χ3v) is 8.18. The van der Waals surface area contributed by atoms with Crippen molar-refractivity contribution in [3.63, 3.8) is 0 Å². The molecule has 46 heavy (non-hydrogen) atoms. The molecule has 0 radical (unpaired) electrons. The maximum atomic E-state index is 12.7. The molecule has 0 saturated carbocycles. The number of hydrogen-bond acceptors (Lipinski definition) is 8. The van der Waals surface area contributed by atoms with Crippen molar-refractivity contribution in [2.75, 3.05) is 23.8 Å². The largest absolute Gasteiger partial charge is 0.490 e. The monoisotopic (exact) mass is 737 g/mol. The second-order valence-electron chi connectivity index (χ2n) is 9.53. The lowest BCUT2D eigenvalue weighted by molar-refractivity contribution is -0.118. The van der Waals surface area contributed by atoms with Crippen LogP contribution in [0, 0.1) is 0 Å². The number of rotatable bonds is 12. The molecule has 234 valence electrons. The highest BCUT2D eigenvalue weighted by atomic mass is 79.9. The number of anilines is 3. The quantitative estimate of drug-likeness (QED) is 0.0871. The molecule has 0 aliphatic heterocycles. The van der Waals surface area contributed by atoms with Crippen molar-refractivity contribution in [3.05, 3.63) is 116 Å². The normalized spacial score (nSPS) is 10.9. The van der Waals surface area contributed by atoms with E-state index < -0.39 is 0 Å². The van der Waals surface area contributed by atoms with Crippen LogP contribution in [0.2, 0.25) is 10.0 Å². The molecule has 0 spiro atoms. The van der Waals surface area contributed by atoms with Crippen molar-refractivity contribution in [2.45, 2.75) is 6.92 Å². The number of aromatic nitrogens is 1. The maximum absolute atomic E-state index is 12.7. The summed E-state index contributed by atoms with van der Waals surface area (Å²) in [4.78, 5) is 29.8. The molecule has 0 aliphatic carbocycles. The Kier molecular flexibility index (Phi) is 11.3. The van der Waals surface area contributed by atoms with Crippen LogP contribution in [0.25, 0.3) is 11.3 Å². The number of nitrogens with one attached hydrogen (secondary N) is 3. The zero-order valence-electron chi connectivity index (χ0n) is 24.2. The molecule has 0 fully saturated rings. The van der Waals surface area contributed by atoms with Gasteiger partial charge in [0.25, 0.3) is 11.8 Å². The maximum Gasteiger partial charge on any atom is 0.271 e. The number of carbonyl (C=O) groups excluding carboxylic acids is 2. The fourth-order valence-electron chi connectivity index (χ4n) is 4.09. The van der Waals surface area contributed by atoms with E-state index in [2.05, 4.69) is 42.1 Å². The summed E-state index contributed by atoms with van der Waals surface area (Å²) in [6.07, 6.45) is 1.48. The van der Waals surface area contributed by atoms with Crippen molar-refractivity contribution in [3.8, 4) is 22.8 Å². The minimum atomic E-state index is -0.383. The van der Waals surface area contributed by atoms with Gasteiger partial charge in [-0.3, -0.25) is 9.59 Å². The fourth-order valence-corrected chi connectivity index (χ4v) is 5.72. The van der Waals surface area contributed by atoms with Crippen LogP contribution in [0.1, 0.15) is 22.8 Å². The summed E-state index contributed by atoms with van der Waals surface area (Å²) in [5.74, 6) is -0.00383. The lowest BCUT2D eigenvalue weighted by atomic mass is 10.1. The van der Waals surface area contributed by atoms with Gasteiger partial charge in [0.1, 0.15) is 0 Å². The Bertz CT molecular complexity index is 1870. The van der Waals surface area contributed by atoms with Gasteiger partial charge in [0.05, 0.1) is 33.7 Å². The Morgan fingerprint density at radius 3 is 2.50 bits per heavy atom. The summed E-state index contributed by atoms with van der Waals surface area (Å²) in [7, 11) is 0. The Labute approximate surface area is 287 Å². The van der Waals surface area contributed by atoms with Crippen LogP contribution in [0.5, 0.6) is 11.5 Å². The molecular weight excluding hydrogens is 713 g/mol. The molecule has 3 N–H and O–H groups in total. The topological polar surface area (TPSA) is 114 Å². The molecule has 1 aromatic heterocycles. The highest BCUT2D eigenvalue weighted by Gasteiger charge is 2.15. The van der Waals surface area contributed by atoms with Gasteiger partial charge in [0, 0.05) is 27.2 Å². The Morgan fingerprint density at radius 1 is 1.00 bits per heavy atom. The minimum absolute atomic E-state index is 0.268. The predicted molar refractivity (Wildman–Crippen MR) is 188 cm³/mol.